The van der Waals surface area contributed by atoms with Crippen LogP contribution < -0.4 is 5.73 Å². The lowest BCUT2D eigenvalue weighted by molar-refractivity contribution is 0.100. The van der Waals surface area contributed by atoms with Gasteiger partial charge in [-0.3, -0.25) is 4.79 Å². The van der Waals surface area contributed by atoms with Crippen molar-refractivity contribution in [2.24, 2.45) is 5.73 Å². The summed E-state index contributed by atoms with van der Waals surface area (Å²) < 4.78 is 0. The Labute approximate surface area is 112 Å². The minimum absolute atomic E-state index is 0.229. The molecule has 0 aromatic heterocycles. The first-order chi connectivity index (χ1) is 9.11. The van der Waals surface area contributed by atoms with Gasteiger partial charge in [0, 0.05) is 5.56 Å². The van der Waals surface area contributed by atoms with Gasteiger partial charge < -0.3 is 10.8 Å². The van der Waals surface area contributed by atoms with Crippen molar-refractivity contribution in [3.8, 4) is 16.9 Å². The van der Waals surface area contributed by atoms with Crippen molar-refractivity contribution in [2.75, 3.05) is 0 Å². The monoisotopic (exact) mass is 255 g/mol. The van der Waals surface area contributed by atoms with E-state index in [0.717, 1.165) is 24.0 Å². The van der Waals surface area contributed by atoms with E-state index in [9.17, 15) is 9.90 Å². The van der Waals surface area contributed by atoms with Crippen molar-refractivity contribution in [1.29, 1.82) is 0 Å². The lowest BCUT2D eigenvalue weighted by Gasteiger charge is -2.11. The summed E-state index contributed by atoms with van der Waals surface area (Å²) in [7, 11) is 0. The van der Waals surface area contributed by atoms with Gasteiger partial charge in [-0.25, -0.2) is 0 Å². The first-order valence-corrected chi connectivity index (χ1v) is 6.34. The molecule has 0 saturated heterocycles. The van der Waals surface area contributed by atoms with E-state index in [1.54, 1.807) is 18.2 Å². The van der Waals surface area contributed by atoms with Gasteiger partial charge in [0.05, 0.1) is 0 Å². The first kappa shape index (κ1) is 13.1. The Bertz CT molecular complexity index is 588. The van der Waals surface area contributed by atoms with Crippen LogP contribution in [0.1, 0.15) is 29.3 Å². The van der Waals surface area contributed by atoms with E-state index in [2.05, 4.69) is 6.92 Å². The van der Waals surface area contributed by atoms with Crippen molar-refractivity contribution in [2.45, 2.75) is 19.8 Å². The molecule has 0 fully saturated rings. The molecule has 0 spiro atoms. The Morgan fingerprint density at radius 3 is 2.42 bits per heavy atom. The summed E-state index contributed by atoms with van der Waals surface area (Å²) in [5, 5.41) is 9.34. The lowest BCUT2D eigenvalue weighted by Crippen LogP contribution is -2.11. The second-order valence-corrected chi connectivity index (χ2v) is 4.53. The van der Waals surface area contributed by atoms with Gasteiger partial charge in [0.15, 0.2) is 0 Å². The smallest absolute Gasteiger partial charge is 0.248 e. The summed E-state index contributed by atoms with van der Waals surface area (Å²) in [4.78, 5) is 11.3. The number of phenols is 1. The SMILES string of the molecule is CCCc1ccc(C(N)=O)cc1-c1ccc(O)cc1. The van der Waals surface area contributed by atoms with Crippen molar-refractivity contribution < 1.29 is 9.90 Å². The van der Waals surface area contributed by atoms with E-state index >= 15 is 0 Å². The molecule has 3 nitrogen and oxygen atoms in total. The third-order valence-corrected chi connectivity index (χ3v) is 3.09. The normalized spacial score (nSPS) is 10.4. The summed E-state index contributed by atoms with van der Waals surface area (Å²) in [6.07, 6.45) is 1.97. The Morgan fingerprint density at radius 2 is 1.84 bits per heavy atom. The number of aryl methyl sites for hydroxylation is 1. The van der Waals surface area contributed by atoms with Gasteiger partial charge in [0.25, 0.3) is 0 Å². The minimum Gasteiger partial charge on any atom is -0.508 e. The summed E-state index contributed by atoms with van der Waals surface area (Å²) in [5.41, 5.74) is 8.99. The highest BCUT2D eigenvalue weighted by molar-refractivity contribution is 5.94. The molecule has 0 radical (unpaired) electrons. The molecule has 98 valence electrons. The zero-order valence-corrected chi connectivity index (χ0v) is 10.9. The van der Waals surface area contributed by atoms with Gasteiger partial charge in [-0.05, 0) is 47.4 Å². The average molecular weight is 255 g/mol. The second kappa shape index (κ2) is 5.57. The second-order valence-electron chi connectivity index (χ2n) is 4.53. The number of carbonyl (C=O) groups is 1. The van der Waals surface area contributed by atoms with E-state index in [1.165, 1.54) is 5.56 Å². The van der Waals surface area contributed by atoms with Gasteiger partial charge in [-0.1, -0.05) is 31.5 Å². The Hall–Kier alpha value is -2.29. The van der Waals surface area contributed by atoms with Gasteiger partial charge in [0.1, 0.15) is 5.75 Å². The van der Waals surface area contributed by atoms with Crippen LogP contribution in [-0.2, 0) is 6.42 Å². The maximum absolute atomic E-state index is 11.3. The molecule has 0 aliphatic heterocycles. The predicted molar refractivity (Wildman–Crippen MR) is 76.1 cm³/mol. The Kier molecular flexibility index (Phi) is 3.85. The fourth-order valence-corrected chi connectivity index (χ4v) is 2.13. The molecule has 0 bridgehead atoms. The largest absolute Gasteiger partial charge is 0.508 e. The maximum atomic E-state index is 11.3. The van der Waals surface area contributed by atoms with E-state index in [0.29, 0.717) is 5.56 Å². The molecular formula is C16H17NO2. The van der Waals surface area contributed by atoms with Crippen LogP contribution in [0.4, 0.5) is 0 Å². The number of rotatable bonds is 4. The number of benzene rings is 2. The van der Waals surface area contributed by atoms with Gasteiger partial charge in [0.2, 0.25) is 5.91 Å². The van der Waals surface area contributed by atoms with Crippen LogP contribution >= 0.6 is 0 Å². The molecule has 19 heavy (non-hydrogen) atoms. The van der Waals surface area contributed by atoms with Crippen LogP contribution in [0.2, 0.25) is 0 Å². The van der Waals surface area contributed by atoms with Crippen LogP contribution in [0, 0.1) is 0 Å². The number of hydrogen-bond donors (Lipinski definition) is 2. The summed E-state index contributed by atoms with van der Waals surface area (Å²) in [6.45, 7) is 2.11. The van der Waals surface area contributed by atoms with Crippen LogP contribution in [-0.4, -0.2) is 11.0 Å². The highest BCUT2D eigenvalue weighted by Gasteiger charge is 2.09. The molecule has 3 N–H and O–H groups in total. The molecule has 0 unspecified atom stereocenters. The number of carbonyl (C=O) groups excluding carboxylic acids is 1. The predicted octanol–water partition coefficient (Wildman–Crippen LogP) is 3.11. The summed E-state index contributed by atoms with van der Waals surface area (Å²) in [5.74, 6) is -0.199. The van der Waals surface area contributed by atoms with Gasteiger partial charge in [-0.2, -0.15) is 0 Å². The number of nitrogens with two attached hydrogens (primary N) is 1. The number of phenolic OH excluding ortho intramolecular Hbond substituents is 1. The minimum atomic E-state index is -0.428. The molecule has 2 aromatic carbocycles. The molecule has 0 aliphatic carbocycles. The first-order valence-electron chi connectivity index (χ1n) is 6.34. The van der Waals surface area contributed by atoms with Crippen LogP contribution in [0.15, 0.2) is 42.5 Å². The summed E-state index contributed by atoms with van der Waals surface area (Å²) >= 11 is 0. The molecule has 0 atom stereocenters. The van der Waals surface area contributed by atoms with E-state index in [1.807, 2.05) is 24.3 Å². The quantitative estimate of drug-likeness (QED) is 0.881. The molecule has 2 aromatic rings. The third kappa shape index (κ3) is 2.94. The molecule has 2 rings (SSSR count). The van der Waals surface area contributed by atoms with E-state index in [-0.39, 0.29) is 5.75 Å². The molecular weight excluding hydrogens is 238 g/mol. The van der Waals surface area contributed by atoms with Crippen LogP contribution in [0.3, 0.4) is 0 Å². The Morgan fingerprint density at radius 1 is 1.16 bits per heavy atom. The van der Waals surface area contributed by atoms with E-state index < -0.39 is 5.91 Å². The van der Waals surface area contributed by atoms with E-state index in [4.69, 9.17) is 5.73 Å². The number of hydrogen-bond acceptors (Lipinski definition) is 2. The third-order valence-electron chi connectivity index (χ3n) is 3.09. The number of aromatic hydroxyl groups is 1. The standard InChI is InChI=1S/C16H17NO2/c1-2-3-11-4-5-13(16(17)19)10-15(11)12-6-8-14(18)9-7-12/h4-10,18H,2-3H2,1H3,(H2,17,19). The van der Waals surface area contributed by atoms with Crippen molar-refractivity contribution in [3.05, 3.63) is 53.6 Å². The fraction of sp³-hybridized carbons (Fsp3) is 0.188. The molecule has 0 aliphatic rings. The van der Waals surface area contributed by atoms with Gasteiger partial charge in [-0.15, -0.1) is 0 Å². The maximum Gasteiger partial charge on any atom is 0.248 e. The van der Waals surface area contributed by atoms with Crippen molar-refractivity contribution in [1.82, 2.24) is 0 Å². The zero-order valence-electron chi connectivity index (χ0n) is 10.9. The molecule has 1 amide bonds. The van der Waals surface area contributed by atoms with Gasteiger partial charge >= 0.3 is 0 Å². The number of primary amides is 1. The summed E-state index contributed by atoms with van der Waals surface area (Å²) in [6, 6.07) is 12.5. The fourth-order valence-electron chi connectivity index (χ4n) is 2.13. The average Bonchev–Trinajstić information content (AvgIpc) is 2.40. The topological polar surface area (TPSA) is 63.3 Å². The zero-order chi connectivity index (χ0) is 13.8. The number of amides is 1. The van der Waals surface area contributed by atoms with Crippen LogP contribution in [0.25, 0.3) is 11.1 Å². The highest BCUT2D eigenvalue weighted by atomic mass is 16.3. The molecule has 0 heterocycles. The van der Waals surface area contributed by atoms with Crippen molar-refractivity contribution in [3.63, 3.8) is 0 Å². The van der Waals surface area contributed by atoms with Crippen LogP contribution in [0.5, 0.6) is 5.75 Å². The highest BCUT2D eigenvalue weighted by Crippen LogP contribution is 2.27. The molecule has 0 saturated carbocycles. The Balaban J connectivity index is 2.53. The molecule has 3 heteroatoms. The lowest BCUT2D eigenvalue weighted by atomic mass is 9.94. The van der Waals surface area contributed by atoms with Crippen molar-refractivity contribution >= 4 is 5.91 Å².